The smallest absolute Gasteiger partial charge is 0.325 e. The number of carbonyl (C=O) groups is 4. The number of amides is 3. The summed E-state index contributed by atoms with van der Waals surface area (Å²) < 4.78 is 0. The molecule has 4 atom stereocenters. The zero-order chi connectivity index (χ0) is 19.7. The van der Waals surface area contributed by atoms with Crippen LogP contribution in [0, 0.1) is 5.92 Å². The first-order valence-electron chi connectivity index (χ1n) is 7.99. The Hall–Kier alpha value is -2.20. The van der Waals surface area contributed by atoms with E-state index in [2.05, 4.69) is 16.0 Å². The Bertz CT molecular complexity index is 496. The third kappa shape index (κ3) is 8.45. The minimum Gasteiger partial charge on any atom is -0.480 e. The van der Waals surface area contributed by atoms with Gasteiger partial charge in [0.15, 0.2) is 0 Å². The summed E-state index contributed by atoms with van der Waals surface area (Å²) in [5, 5.41) is 24.8. The largest absolute Gasteiger partial charge is 0.480 e. The maximum Gasteiger partial charge on any atom is 0.325 e. The molecular weight excluding hydrogens is 332 g/mol. The number of carbonyl (C=O) groups excluding carboxylic acids is 3. The Balaban J connectivity index is 4.87. The van der Waals surface area contributed by atoms with Crippen LogP contribution in [-0.4, -0.2) is 64.7 Å². The summed E-state index contributed by atoms with van der Waals surface area (Å²) >= 11 is 0. The number of aliphatic hydroxyl groups is 1. The molecule has 10 nitrogen and oxygen atoms in total. The molecule has 0 aliphatic rings. The van der Waals surface area contributed by atoms with Crippen molar-refractivity contribution >= 4 is 23.7 Å². The van der Waals surface area contributed by atoms with E-state index in [0.717, 1.165) is 0 Å². The van der Waals surface area contributed by atoms with Gasteiger partial charge in [0, 0.05) is 0 Å². The SMILES string of the molecule is CC(C)C[C@H](NC(=O)[C@@H](N)CO)C(=O)N[C@@H](C)C(=O)N[C@@H](C)C(=O)O. The molecule has 0 saturated heterocycles. The zero-order valence-electron chi connectivity index (χ0n) is 14.9. The number of rotatable bonds is 10. The minimum absolute atomic E-state index is 0.0672. The van der Waals surface area contributed by atoms with Gasteiger partial charge in [0.2, 0.25) is 17.7 Å². The lowest BCUT2D eigenvalue weighted by molar-refractivity contribution is -0.141. The van der Waals surface area contributed by atoms with Gasteiger partial charge < -0.3 is 31.9 Å². The molecule has 0 aliphatic carbocycles. The number of aliphatic carboxylic acids is 1. The molecule has 10 heteroatoms. The van der Waals surface area contributed by atoms with Crippen molar-refractivity contribution in [3.05, 3.63) is 0 Å². The average Bonchev–Trinajstić information content (AvgIpc) is 2.52. The van der Waals surface area contributed by atoms with Crippen molar-refractivity contribution in [3.63, 3.8) is 0 Å². The van der Waals surface area contributed by atoms with Crippen molar-refractivity contribution in [2.75, 3.05) is 6.61 Å². The summed E-state index contributed by atoms with van der Waals surface area (Å²) in [5.41, 5.74) is 5.41. The van der Waals surface area contributed by atoms with Crippen molar-refractivity contribution in [2.24, 2.45) is 11.7 Å². The van der Waals surface area contributed by atoms with E-state index in [4.69, 9.17) is 15.9 Å². The first kappa shape index (κ1) is 22.8. The number of nitrogens with one attached hydrogen (secondary N) is 3. The molecule has 0 heterocycles. The van der Waals surface area contributed by atoms with Gasteiger partial charge in [-0.05, 0) is 26.2 Å². The molecule has 0 aliphatic heterocycles. The standard InChI is InChI=1S/C15H28N4O6/c1-7(2)5-11(19-13(22)10(16)6-20)14(23)17-8(3)12(21)18-9(4)15(24)25/h7-11,20H,5-6,16H2,1-4H3,(H,17,23)(H,18,21)(H,19,22)(H,24,25)/t8-,9-,10-,11-/m0/s1. The van der Waals surface area contributed by atoms with Crippen LogP contribution in [0.3, 0.4) is 0 Å². The number of carboxylic acid groups (broad SMARTS) is 1. The zero-order valence-corrected chi connectivity index (χ0v) is 14.9. The molecular formula is C15H28N4O6. The second kappa shape index (κ2) is 10.6. The van der Waals surface area contributed by atoms with Gasteiger partial charge in [-0.3, -0.25) is 19.2 Å². The molecule has 3 amide bonds. The molecule has 0 saturated carbocycles. The Kier molecular flexibility index (Phi) is 9.69. The topological polar surface area (TPSA) is 171 Å². The normalized spacial score (nSPS) is 15.6. The fourth-order valence-corrected chi connectivity index (χ4v) is 1.84. The third-order valence-corrected chi connectivity index (χ3v) is 3.35. The van der Waals surface area contributed by atoms with Gasteiger partial charge in [0.25, 0.3) is 0 Å². The van der Waals surface area contributed by atoms with Gasteiger partial charge in [0.1, 0.15) is 24.2 Å². The van der Waals surface area contributed by atoms with E-state index >= 15 is 0 Å². The molecule has 0 spiro atoms. The summed E-state index contributed by atoms with van der Waals surface area (Å²) in [5.74, 6) is -3.07. The van der Waals surface area contributed by atoms with E-state index in [1.807, 2.05) is 13.8 Å². The Morgan fingerprint density at radius 1 is 0.880 bits per heavy atom. The van der Waals surface area contributed by atoms with Crippen LogP contribution in [0.25, 0.3) is 0 Å². The predicted octanol–water partition coefficient (Wildman–Crippen LogP) is -2.07. The fourth-order valence-electron chi connectivity index (χ4n) is 1.84. The first-order valence-corrected chi connectivity index (χ1v) is 7.99. The van der Waals surface area contributed by atoms with Crippen molar-refractivity contribution in [3.8, 4) is 0 Å². The highest BCUT2D eigenvalue weighted by molar-refractivity contribution is 5.93. The monoisotopic (exact) mass is 360 g/mol. The second-order valence-corrected chi connectivity index (χ2v) is 6.28. The molecule has 0 aromatic carbocycles. The summed E-state index contributed by atoms with van der Waals surface area (Å²) in [6.45, 7) is 5.84. The highest BCUT2D eigenvalue weighted by atomic mass is 16.4. The van der Waals surface area contributed by atoms with E-state index in [-0.39, 0.29) is 5.92 Å². The van der Waals surface area contributed by atoms with Crippen LogP contribution in [-0.2, 0) is 19.2 Å². The highest BCUT2D eigenvalue weighted by Crippen LogP contribution is 2.06. The van der Waals surface area contributed by atoms with Crippen LogP contribution >= 0.6 is 0 Å². The van der Waals surface area contributed by atoms with Crippen molar-refractivity contribution in [1.29, 1.82) is 0 Å². The van der Waals surface area contributed by atoms with E-state index in [9.17, 15) is 19.2 Å². The van der Waals surface area contributed by atoms with Crippen molar-refractivity contribution < 1.29 is 29.4 Å². The Labute approximate surface area is 146 Å². The predicted molar refractivity (Wildman–Crippen MR) is 89.3 cm³/mol. The molecule has 0 aromatic heterocycles. The van der Waals surface area contributed by atoms with E-state index in [1.165, 1.54) is 13.8 Å². The maximum absolute atomic E-state index is 12.3. The summed E-state index contributed by atoms with van der Waals surface area (Å²) in [6.07, 6.45) is 0.301. The van der Waals surface area contributed by atoms with Crippen LogP contribution < -0.4 is 21.7 Å². The van der Waals surface area contributed by atoms with Crippen LogP contribution in [0.5, 0.6) is 0 Å². The lowest BCUT2D eigenvalue weighted by Gasteiger charge is -2.23. The first-order chi connectivity index (χ1) is 11.5. The molecule has 0 radical (unpaired) electrons. The van der Waals surface area contributed by atoms with Gasteiger partial charge in [-0.2, -0.15) is 0 Å². The highest BCUT2D eigenvalue weighted by Gasteiger charge is 2.27. The van der Waals surface area contributed by atoms with Gasteiger partial charge in [-0.1, -0.05) is 13.8 Å². The number of carboxylic acids is 1. The van der Waals surface area contributed by atoms with E-state index < -0.39 is 54.5 Å². The van der Waals surface area contributed by atoms with Crippen LogP contribution in [0.15, 0.2) is 0 Å². The van der Waals surface area contributed by atoms with Crippen LogP contribution in [0.2, 0.25) is 0 Å². The van der Waals surface area contributed by atoms with Crippen LogP contribution in [0.4, 0.5) is 0 Å². The van der Waals surface area contributed by atoms with E-state index in [0.29, 0.717) is 6.42 Å². The Morgan fingerprint density at radius 2 is 1.40 bits per heavy atom. The summed E-state index contributed by atoms with van der Waals surface area (Å²) in [4.78, 5) is 46.8. The quantitative estimate of drug-likeness (QED) is 0.260. The van der Waals surface area contributed by atoms with Gasteiger partial charge in [0.05, 0.1) is 6.61 Å². The number of aliphatic hydroxyl groups excluding tert-OH is 1. The van der Waals surface area contributed by atoms with Gasteiger partial charge in [-0.15, -0.1) is 0 Å². The molecule has 144 valence electrons. The summed E-state index contributed by atoms with van der Waals surface area (Å²) in [6, 6.07) is -4.18. The summed E-state index contributed by atoms with van der Waals surface area (Å²) in [7, 11) is 0. The van der Waals surface area contributed by atoms with E-state index in [1.54, 1.807) is 0 Å². The molecule has 0 unspecified atom stereocenters. The van der Waals surface area contributed by atoms with Crippen LogP contribution in [0.1, 0.15) is 34.1 Å². The fraction of sp³-hybridized carbons (Fsp3) is 0.733. The number of hydrogen-bond donors (Lipinski definition) is 6. The molecule has 0 bridgehead atoms. The van der Waals surface area contributed by atoms with Gasteiger partial charge in [-0.25, -0.2) is 0 Å². The molecule has 0 rings (SSSR count). The molecule has 0 aromatic rings. The lowest BCUT2D eigenvalue weighted by atomic mass is 10.0. The molecule has 0 fully saturated rings. The molecule has 7 N–H and O–H groups in total. The van der Waals surface area contributed by atoms with Crippen molar-refractivity contribution in [1.82, 2.24) is 16.0 Å². The minimum atomic E-state index is -1.20. The van der Waals surface area contributed by atoms with Gasteiger partial charge >= 0.3 is 5.97 Å². The Morgan fingerprint density at radius 3 is 1.84 bits per heavy atom. The molecule has 25 heavy (non-hydrogen) atoms. The number of nitrogens with two attached hydrogens (primary N) is 1. The van der Waals surface area contributed by atoms with Crippen molar-refractivity contribution in [2.45, 2.75) is 58.3 Å². The maximum atomic E-state index is 12.3. The second-order valence-electron chi connectivity index (χ2n) is 6.28. The third-order valence-electron chi connectivity index (χ3n) is 3.35. The lowest BCUT2D eigenvalue weighted by Crippen LogP contribution is -2.56. The number of hydrogen-bond acceptors (Lipinski definition) is 6. The average molecular weight is 360 g/mol.